The summed E-state index contributed by atoms with van der Waals surface area (Å²) >= 11 is 0. The molecule has 0 N–H and O–H groups in total. The van der Waals surface area contributed by atoms with Crippen molar-refractivity contribution < 1.29 is 0 Å². The van der Waals surface area contributed by atoms with E-state index in [2.05, 4.69) is 365 Å². The average molecular weight is 1420 g/mol. The van der Waals surface area contributed by atoms with Gasteiger partial charge in [0.25, 0.3) is 0 Å². The minimum atomic E-state index is -0.748. The van der Waals surface area contributed by atoms with Gasteiger partial charge in [-0.3, -0.25) is 4.57 Å². The van der Waals surface area contributed by atoms with Crippen LogP contribution < -0.4 is 0 Å². The third-order valence-corrected chi connectivity index (χ3v) is 23.2. The maximum atomic E-state index is 5.75. The molecule has 538 valence electrons. The van der Waals surface area contributed by atoms with E-state index in [1.807, 2.05) is 0 Å². The summed E-state index contributed by atoms with van der Waals surface area (Å²) in [6, 6.07) is 128. The molecule has 0 radical (unpaired) electrons. The van der Waals surface area contributed by atoms with Gasteiger partial charge in [0.1, 0.15) is 5.82 Å². The third kappa shape index (κ3) is 14.5. The Kier molecular flexibility index (Phi) is 20.9. The normalized spacial score (nSPS) is 13.1. The smallest absolute Gasteiger partial charge is 0.162 e. The van der Waals surface area contributed by atoms with Crippen LogP contribution in [0.25, 0.3) is 139 Å². The first-order chi connectivity index (χ1) is 54.4. The highest BCUT2D eigenvalue weighted by atomic mass is 15.1. The maximum absolute atomic E-state index is 5.75. The lowest BCUT2D eigenvalue weighted by atomic mass is 9.67. The van der Waals surface area contributed by atoms with E-state index < -0.39 is 5.41 Å². The zero-order valence-electron chi connectivity index (χ0n) is 63.8. The second-order valence-electron chi connectivity index (χ2n) is 30.4. The zero-order valence-corrected chi connectivity index (χ0v) is 63.8. The number of nitrogens with zero attached hydrogens (tertiary/aromatic N) is 3. The van der Waals surface area contributed by atoms with Crippen LogP contribution in [0, 0.1) is 0 Å². The molecule has 0 fully saturated rings. The molecule has 17 rings (SSSR count). The van der Waals surface area contributed by atoms with Crippen molar-refractivity contribution in [2.45, 2.75) is 122 Å². The van der Waals surface area contributed by atoms with Crippen LogP contribution in [0.5, 0.6) is 0 Å². The first-order valence-electron chi connectivity index (χ1n) is 40.5. The predicted octanol–water partition coefficient (Wildman–Crippen LogP) is 29.3. The lowest BCUT2D eigenvalue weighted by Gasteiger charge is -2.34. The topological polar surface area (TPSA) is 30.7 Å². The molecule has 3 heteroatoms. The van der Waals surface area contributed by atoms with Gasteiger partial charge in [-0.25, -0.2) is 9.97 Å². The Hall–Kier alpha value is -12.0. The van der Waals surface area contributed by atoms with Gasteiger partial charge in [0.15, 0.2) is 5.82 Å². The Morgan fingerprint density at radius 3 is 1.19 bits per heavy atom. The molecule has 2 aromatic heterocycles. The van der Waals surface area contributed by atoms with E-state index in [0.29, 0.717) is 5.82 Å². The SMILES string of the molecule is CCCCCCc1ccc(-c2cc(-c3ccc(CCCCCC)cc3)cc(-c3cccc(-c4cccc(C5(c6ccccc6)c6ccccc6-c6cc7c8cc(-c9ccc(CCCCCC)cc9)ccc8n(-c8cc(-c9ccc(-c%10ccccc%10)cc9)nc(-c9ccc(-c%10ccccc%10)cc9)n8)c7cc65)c4)c3)c2)cc1. The van der Waals surface area contributed by atoms with Gasteiger partial charge in [-0.15, -0.1) is 0 Å². The number of benzene rings is 14. The second-order valence-corrected chi connectivity index (χ2v) is 30.4. The summed E-state index contributed by atoms with van der Waals surface area (Å²) in [5.74, 6) is 1.45. The van der Waals surface area contributed by atoms with E-state index in [9.17, 15) is 0 Å². The fourth-order valence-electron chi connectivity index (χ4n) is 17.2. The summed E-state index contributed by atoms with van der Waals surface area (Å²) in [4.78, 5) is 11.3. The van der Waals surface area contributed by atoms with Crippen LogP contribution in [0.4, 0.5) is 0 Å². The molecule has 0 saturated heterocycles. The summed E-state index contributed by atoms with van der Waals surface area (Å²) in [6.07, 6.45) is 18.4. The first kappa shape index (κ1) is 70.9. The average Bonchev–Trinajstić information content (AvgIpc) is 1.52. The molecule has 0 saturated carbocycles. The number of hydrogen-bond donors (Lipinski definition) is 0. The van der Waals surface area contributed by atoms with Crippen molar-refractivity contribution in [2.24, 2.45) is 0 Å². The van der Waals surface area contributed by atoms with Crippen molar-refractivity contribution in [3.05, 3.63) is 379 Å². The minimum Gasteiger partial charge on any atom is -0.294 e. The van der Waals surface area contributed by atoms with Gasteiger partial charge in [-0.2, -0.15) is 0 Å². The molecular formula is C107H95N3. The van der Waals surface area contributed by atoms with Gasteiger partial charge in [0.2, 0.25) is 0 Å². The van der Waals surface area contributed by atoms with Gasteiger partial charge < -0.3 is 0 Å². The molecule has 0 aliphatic heterocycles. The highest BCUT2D eigenvalue weighted by Crippen LogP contribution is 2.58. The second kappa shape index (κ2) is 32.4. The van der Waals surface area contributed by atoms with Crippen LogP contribution in [0.15, 0.2) is 340 Å². The van der Waals surface area contributed by atoms with E-state index >= 15 is 0 Å². The van der Waals surface area contributed by atoms with E-state index in [1.165, 1.54) is 188 Å². The monoisotopic (exact) mass is 1420 g/mol. The molecule has 1 aliphatic rings. The van der Waals surface area contributed by atoms with Crippen molar-refractivity contribution in [1.82, 2.24) is 14.5 Å². The van der Waals surface area contributed by atoms with Crippen LogP contribution >= 0.6 is 0 Å². The molecule has 16 aromatic rings. The Morgan fingerprint density at radius 2 is 0.636 bits per heavy atom. The van der Waals surface area contributed by atoms with Gasteiger partial charge in [-0.05, 0) is 221 Å². The molecule has 0 spiro atoms. The van der Waals surface area contributed by atoms with Gasteiger partial charge >= 0.3 is 0 Å². The molecule has 110 heavy (non-hydrogen) atoms. The lowest BCUT2D eigenvalue weighted by Crippen LogP contribution is -2.28. The van der Waals surface area contributed by atoms with Crippen molar-refractivity contribution in [2.75, 3.05) is 0 Å². The van der Waals surface area contributed by atoms with Crippen LogP contribution in [0.3, 0.4) is 0 Å². The van der Waals surface area contributed by atoms with Gasteiger partial charge in [0, 0.05) is 28.0 Å². The fraction of sp³-hybridized carbons (Fsp3) is 0.178. The summed E-state index contributed by atoms with van der Waals surface area (Å²) in [5.41, 5.74) is 32.4. The van der Waals surface area contributed by atoms with E-state index in [-0.39, 0.29) is 0 Å². The molecular weight excluding hydrogens is 1330 g/mol. The number of fused-ring (bicyclic) bond motifs is 6. The lowest BCUT2D eigenvalue weighted by molar-refractivity contribution is 0.667. The van der Waals surface area contributed by atoms with Crippen LogP contribution in [-0.2, 0) is 24.7 Å². The summed E-state index contributed by atoms with van der Waals surface area (Å²) in [7, 11) is 0. The van der Waals surface area contributed by atoms with Crippen molar-refractivity contribution in [1.29, 1.82) is 0 Å². The van der Waals surface area contributed by atoms with Gasteiger partial charge in [-0.1, -0.05) is 358 Å². The predicted molar refractivity (Wildman–Crippen MR) is 466 cm³/mol. The highest BCUT2D eigenvalue weighted by Gasteiger charge is 2.47. The van der Waals surface area contributed by atoms with E-state index in [1.54, 1.807) is 0 Å². The minimum absolute atomic E-state index is 0.656. The Balaban J connectivity index is 0.831. The van der Waals surface area contributed by atoms with Gasteiger partial charge in [0.05, 0.1) is 22.1 Å². The quantitative estimate of drug-likeness (QED) is 0.0481. The first-order valence-corrected chi connectivity index (χ1v) is 40.5. The number of aryl methyl sites for hydroxylation is 3. The van der Waals surface area contributed by atoms with Crippen LogP contribution in [-0.4, -0.2) is 14.5 Å². The standard InChI is InChI=1S/C107H95N3/c1-4-7-10-16-29-75-44-50-82(51-45-75)90-64-65-103-98(71-90)99-72-97-96-42-25-26-43-100(96)107(94-39-23-15-24-40-94,101(97)73-104(99)110(103)105-74-102(85-60-56-80(57-61-85)78-32-19-13-20-33-78)108-106(109-105)86-62-58-81(59-63-86)79-34-21-14-22-35-79)95-41-28-38-89(70-95)87-36-27-37-88(66-87)93-68-91(83-52-46-76(47-53-83)30-17-11-8-5-2)67-92(69-93)84-54-48-77(49-55-84)31-18-12-9-6-3/h13-15,19-28,32-74H,4-12,16-18,29-31H2,1-3H3. The van der Waals surface area contributed by atoms with Crippen LogP contribution in [0.1, 0.15) is 137 Å². The molecule has 0 bridgehead atoms. The Labute approximate surface area is 650 Å². The molecule has 0 amide bonds. The molecule has 2 heterocycles. The van der Waals surface area contributed by atoms with Crippen molar-refractivity contribution >= 4 is 21.8 Å². The third-order valence-electron chi connectivity index (χ3n) is 23.2. The molecule has 1 atom stereocenters. The maximum Gasteiger partial charge on any atom is 0.162 e. The van der Waals surface area contributed by atoms with Crippen LogP contribution in [0.2, 0.25) is 0 Å². The fourth-order valence-corrected chi connectivity index (χ4v) is 17.2. The number of aromatic nitrogens is 3. The summed E-state index contributed by atoms with van der Waals surface area (Å²) < 4.78 is 2.44. The number of unbranched alkanes of at least 4 members (excludes halogenated alkanes) is 9. The number of rotatable bonds is 27. The largest absolute Gasteiger partial charge is 0.294 e. The molecule has 1 unspecified atom stereocenters. The summed E-state index contributed by atoms with van der Waals surface area (Å²) in [5, 5.41) is 2.33. The highest BCUT2D eigenvalue weighted by molar-refractivity contribution is 6.13. The number of hydrogen-bond acceptors (Lipinski definition) is 2. The summed E-state index contributed by atoms with van der Waals surface area (Å²) in [6.45, 7) is 6.86. The van der Waals surface area contributed by atoms with Crippen molar-refractivity contribution in [3.63, 3.8) is 0 Å². The molecule has 3 nitrogen and oxygen atoms in total. The van der Waals surface area contributed by atoms with E-state index in [4.69, 9.17) is 9.97 Å². The Bertz CT molecular complexity index is 5680. The molecule has 14 aromatic carbocycles. The Morgan fingerprint density at radius 1 is 0.245 bits per heavy atom. The van der Waals surface area contributed by atoms with E-state index in [0.717, 1.165) is 80.4 Å². The zero-order chi connectivity index (χ0) is 74.2. The van der Waals surface area contributed by atoms with Crippen molar-refractivity contribution in [3.8, 4) is 117 Å². The molecule has 1 aliphatic carbocycles.